The van der Waals surface area contributed by atoms with E-state index in [1.165, 1.54) is 18.3 Å². The first-order chi connectivity index (χ1) is 8.21. The molecule has 1 aromatic heterocycles. The summed E-state index contributed by atoms with van der Waals surface area (Å²) in [5.41, 5.74) is -0.227. The second-order valence-electron chi connectivity index (χ2n) is 3.41. The van der Waals surface area contributed by atoms with Crippen LogP contribution in [0.3, 0.4) is 0 Å². The molecule has 7 nitrogen and oxygen atoms in total. The zero-order chi connectivity index (χ0) is 13.6. The zero-order valence-electron chi connectivity index (χ0n) is 8.68. The molecule has 11 heteroatoms. The van der Waals surface area contributed by atoms with E-state index >= 15 is 0 Å². The van der Waals surface area contributed by atoms with Gasteiger partial charge in [-0.25, -0.2) is 0 Å². The van der Waals surface area contributed by atoms with Crippen molar-refractivity contribution >= 4 is 68.9 Å². The molecule has 0 amide bonds. The van der Waals surface area contributed by atoms with Crippen LogP contribution in [0.2, 0.25) is 0 Å². The molecule has 20 heavy (non-hydrogen) atoms. The summed E-state index contributed by atoms with van der Waals surface area (Å²) in [4.78, 5) is 2.71. The maximum absolute atomic E-state index is 11.1. The summed E-state index contributed by atoms with van der Waals surface area (Å²) in [6.45, 7) is 0. The summed E-state index contributed by atoms with van der Waals surface area (Å²) < 4.78 is 62.5. The van der Waals surface area contributed by atoms with Gasteiger partial charge < -0.3 is 0 Å². The summed E-state index contributed by atoms with van der Waals surface area (Å²) in [5.74, 6) is 0. The molecule has 100 valence electrons. The summed E-state index contributed by atoms with van der Waals surface area (Å²) in [5, 5.41) is -0.0878. The van der Waals surface area contributed by atoms with Crippen LogP contribution in [-0.4, -0.2) is 68.6 Å². The Morgan fingerprint density at radius 1 is 0.850 bits per heavy atom. The van der Waals surface area contributed by atoms with E-state index in [1.807, 2.05) is 0 Å². The van der Waals surface area contributed by atoms with E-state index in [2.05, 4.69) is 4.98 Å². The molecular weight excluding hydrogens is 296 g/mol. The van der Waals surface area contributed by atoms with Crippen molar-refractivity contribution in [2.75, 3.05) is 0 Å². The molecule has 2 N–H and O–H groups in total. The predicted molar refractivity (Wildman–Crippen MR) is 75.7 cm³/mol. The third kappa shape index (κ3) is 3.85. The van der Waals surface area contributed by atoms with Crippen molar-refractivity contribution in [3.8, 4) is 0 Å². The van der Waals surface area contributed by atoms with Gasteiger partial charge in [-0.1, -0.05) is 0 Å². The number of rotatable bonds is 2. The van der Waals surface area contributed by atoms with Crippen LogP contribution >= 0.6 is 0 Å². The molecule has 0 atom stereocenters. The normalized spacial score (nSPS) is 11.5. The molecule has 0 aliphatic carbocycles. The number of hydrogen-bond donors (Lipinski definition) is 2. The van der Waals surface area contributed by atoms with Crippen molar-refractivity contribution in [1.29, 1.82) is 0 Å². The van der Waals surface area contributed by atoms with E-state index in [1.54, 1.807) is 0 Å². The molecule has 0 aliphatic rings. The van der Waals surface area contributed by atoms with Crippen LogP contribution in [0.5, 0.6) is 0 Å². The quantitative estimate of drug-likeness (QED) is 0.563. The van der Waals surface area contributed by atoms with Crippen LogP contribution in [0.1, 0.15) is 0 Å². The van der Waals surface area contributed by atoms with Gasteiger partial charge in [-0.05, 0) is 24.3 Å². The van der Waals surface area contributed by atoms with Gasteiger partial charge in [0, 0.05) is 11.6 Å². The first-order valence-electron chi connectivity index (χ1n) is 4.54. The maximum atomic E-state index is 11.1. The zero-order valence-corrected chi connectivity index (χ0v) is 10.3. The fourth-order valence-electron chi connectivity index (χ4n) is 1.55. The van der Waals surface area contributed by atoms with Crippen LogP contribution in [-0.2, 0) is 20.2 Å². The molecule has 1 aromatic carbocycles. The summed E-state index contributed by atoms with van der Waals surface area (Å²) in [6, 6.07) is 4.42. The molecule has 2 rings (SSSR count). The number of pyridine rings is 1. The standard InChI is InChI=1S/C9H7NO6S2.2Li.2H/c11-17(12,13)7-3-4-8(18(14,15)16)9-6(7)2-1-5-10-9;;;;/h1-5H,(H,11,12,13)(H,14,15,16);;;;. The SMILES string of the molecule is O=S(=O)(O)c1ccc(S(=O)(=O)O)c2ncccc12.[LiH].[LiH]. The van der Waals surface area contributed by atoms with Gasteiger partial charge in [-0.2, -0.15) is 16.8 Å². The van der Waals surface area contributed by atoms with Crippen LogP contribution in [0, 0.1) is 0 Å². The van der Waals surface area contributed by atoms with Gasteiger partial charge in [0.15, 0.2) is 0 Å². The number of benzene rings is 1. The first-order valence-corrected chi connectivity index (χ1v) is 7.42. The average Bonchev–Trinajstić information content (AvgIpc) is 2.24. The first kappa shape index (κ1) is 19.6. The molecular formula is C9H9Li2NO6S2. The molecule has 0 fully saturated rings. The van der Waals surface area contributed by atoms with Crippen molar-refractivity contribution in [1.82, 2.24) is 4.98 Å². The van der Waals surface area contributed by atoms with Gasteiger partial charge in [-0.3, -0.25) is 14.1 Å². The third-order valence-electron chi connectivity index (χ3n) is 2.25. The average molecular weight is 305 g/mol. The van der Waals surface area contributed by atoms with E-state index in [0.717, 1.165) is 12.1 Å². The number of nitrogens with zero attached hydrogens (tertiary/aromatic N) is 1. The van der Waals surface area contributed by atoms with E-state index in [4.69, 9.17) is 9.11 Å². The van der Waals surface area contributed by atoms with E-state index < -0.39 is 30.0 Å². The Balaban J connectivity index is 0.00000180. The number of aromatic nitrogens is 1. The minimum absolute atomic E-state index is 0. The van der Waals surface area contributed by atoms with Crippen molar-refractivity contribution in [3.63, 3.8) is 0 Å². The molecule has 0 radical (unpaired) electrons. The Bertz CT molecular complexity index is 764. The molecule has 0 spiro atoms. The van der Waals surface area contributed by atoms with Gasteiger partial charge >= 0.3 is 37.7 Å². The van der Waals surface area contributed by atoms with Crippen LogP contribution in [0.15, 0.2) is 40.3 Å². The molecule has 0 bridgehead atoms. The second-order valence-corrected chi connectivity index (χ2v) is 6.19. The summed E-state index contributed by atoms with van der Waals surface area (Å²) >= 11 is 0. The molecule has 0 saturated carbocycles. The number of fused-ring (bicyclic) bond motifs is 1. The van der Waals surface area contributed by atoms with E-state index in [0.29, 0.717) is 0 Å². The van der Waals surface area contributed by atoms with Gasteiger partial charge in [-0.15, -0.1) is 0 Å². The Kier molecular flexibility index (Phi) is 6.49. The van der Waals surface area contributed by atoms with Crippen LogP contribution in [0.25, 0.3) is 10.9 Å². The van der Waals surface area contributed by atoms with Crippen LogP contribution in [0.4, 0.5) is 0 Å². The van der Waals surface area contributed by atoms with Crippen molar-refractivity contribution in [2.45, 2.75) is 9.79 Å². The van der Waals surface area contributed by atoms with Gasteiger partial charge in [0.05, 0.1) is 5.52 Å². The fraction of sp³-hybridized carbons (Fsp3) is 0. The van der Waals surface area contributed by atoms with Crippen molar-refractivity contribution < 1.29 is 25.9 Å². The fourth-order valence-corrected chi connectivity index (χ4v) is 2.88. The Labute approximate surface area is 139 Å². The molecule has 1 heterocycles. The van der Waals surface area contributed by atoms with Gasteiger partial charge in [0.2, 0.25) is 0 Å². The summed E-state index contributed by atoms with van der Waals surface area (Å²) in [6.07, 6.45) is 1.24. The number of hydrogen-bond acceptors (Lipinski definition) is 5. The van der Waals surface area contributed by atoms with E-state index in [9.17, 15) is 16.8 Å². The van der Waals surface area contributed by atoms with Gasteiger partial charge in [0.25, 0.3) is 20.2 Å². The Morgan fingerprint density at radius 2 is 1.35 bits per heavy atom. The Hall–Kier alpha value is -0.355. The molecule has 0 aliphatic heterocycles. The topological polar surface area (TPSA) is 122 Å². The van der Waals surface area contributed by atoms with Crippen LogP contribution < -0.4 is 0 Å². The minimum atomic E-state index is -4.53. The summed E-state index contributed by atoms with van der Waals surface area (Å²) in [7, 11) is -9.04. The Morgan fingerprint density at radius 3 is 1.85 bits per heavy atom. The third-order valence-corrected chi connectivity index (χ3v) is 4.05. The predicted octanol–water partition coefficient (Wildman–Crippen LogP) is -0.569. The van der Waals surface area contributed by atoms with E-state index in [-0.39, 0.29) is 48.6 Å². The molecule has 2 aromatic rings. The van der Waals surface area contributed by atoms with Crippen molar-refractivity contribution in [3.05, 3.63) is 30.5 Å². The van der Waals surface area contributed by atoms with Crippen molar-refractivity contribution in [2.24, 2.45) is 0 Å². The van der Waals surface area contributed by atoms with Gasteiger partial charge in [0.1, 0.15) is 9.79 Å². The second kappa shape index (κ2) is 6.61. The monoisotopic (exact) mass is 305 g/mol. The molecule has 0 unspecified atom stereocenters. The molecule has 0 saturated heterocycles.